The van der Waals surface area contributed by atoms with Gasteiger partial charge in [0, 0.05) is 18.8 Å². The number of nitrogens with one attached hydrogen (secondary N) is 1. The van der Waals surface area contributed by atoms with Crippen LogP contribution in [0.2, 0.25) is 0 Å². The first-order valence-corrected chi connectivity index (χ1v) is 7.25. The van der Waals surface area contributed by atoms with E-state index in [1.807, 2.05) is 30.3 Å². The SMILES string of the molecule is C1=C(N2CCCC2)CCC/C1=N/Nc1ccccc1.I. The molecule has 0 saturated carbocycles. The fourth-order valence-electron chi connectivity index (χ4n) is 2.78. The van der Waals surface area contributed by atoms with Crippen LogP contribution in [0.3, 0.4) is 0 Å². The predicted octanol–water partition coefficient (Wildman–Crippen LogP) is 4.24. The lowest BCUT2D eigenvalue weighted by molar-refractivity contribution is 0.404. The molecule has 1 N–H and O–H groups in total. The number of anilines is 1. The first kappa shape index (κ1) is 15.4. The Kier molecular flexibility index (Phi) is 5.88. The van der Waals surface area contributed by atoms with Crippen molar-refractivity contribution in [3.05, 3.63) is 42.1 Å². The highest BCUT2D eigenvalue weighted by Crippen LogP contribution is 2.23. The molecule has 1 aromatic carbocycles. The molecule has 1 aliphatic carbocycles. The molecule has 1 aromatic rings. The highest BCUT2D eigenvalue weighted by Gasteiger charge is 2.18. The zero-order valence-electron chi connectivity index (χ0n) is 11.7. The second-order valence-corrected chi connectivity index (χ2v) is 5.26. The van der Waals surface area contributed by atoms with Crippen LogP contribution < -0.4 is 5.43 Å². The van der Waals surface area contributed by atoms with Crippen molar-refractivity contribution in [3.63, 3.8) is 0 Å². The summed E-state index contributed by atoms with van der Waals surface area (Å²) >= 11 is 0. The third-order valence-electron chi connectivity index (χ3n) is 3.81. The Hall–Kier alpha value is -1.04. The molecule has 1 aliphatic heterocycles. The number of hydrazone groups is 1. The Morgan fingerprint density at radius 2 is 1.70 bits per heavy atom. The van der Waals surface area contributed by atoms with Crippen molar-refractivity contribution in [2.24, 2.45) is 5.10 Å². The summed E-state index contributed by atoms with van der Waals surface area (Å²) in [7, 11) is 0. The van der Waals surface area contributed by atoms with E-state index < -0.39 is 0 Å². The maximum absolute atomic E-state index is 4.54. The second-order valence-electron chi connectivity index (χ2n) is 5.26. The third-order valence-corrected chi connectivity index (χ3v) is 3.81. The summed E-state index contributed by atoms with van der Waals surface area (Å²) in [6, 6.07) is 10.1. The molecule has 3 rings (SSSR count). The molecule has 3 nitrogen and oxygen atoms in total. The standard InChI is InChI=1S/C16H21N3.HI/c1-2-7-14(8-3-1)17-18-15-9-6-10-16(13-15)19-11-4-5-12-19;/h1-3,7-8,13,17H,4-6,9-12H2;1H/b18-15-;. The zero-order chi connectivity index (χ0) is 12.9. The van der Waals surface area contributed by atoms with E-state index in [4.69, 9.17) is 0 Å². The quantitative estimate of drug-likeness (QED) is 0.625. The van der Waals surface area contributed by atoms with E-state index in [0.29, 0.717) is 0 Å². The van der Waals surface area contributed by atoms with Crippen molar-refractivity contribution in [2.75, 3.05) is 18.5 Å². The van der Waals surface area contributed by atoms with Gasteiger partial charge in [0.05, 0.1) is 11.4 Å². The minimum Gasteiger partial charge on any atom is -0.375 e. The summed E-state index contributed by atoms with van der Waals surface area (Å²) in [4.78, 5) is 2.52. The van der Waals surface area contributed by atoms with Crippen LogP contribution in [-0.2, 0) is 0 Å². The highest BCUT2D eigenvalue weighted by molar-refractivity contribution is 14.0. The van der Waals surface area contributed by atoms with E-state index in [1.54, 1.807) is 0 Å². The van der Waals surface area contributed by atoms with Crippen LogP contribution in [0.4, 0.5) is 5.69 Å². The maximum Gasteiger partial charge on any atom is 0.0624 e. The second kappa shape index (κ2) is 7.67. The lowest BCUT2D eigenvalue weighted by atomic mass is 10.0. The van der Waals surface area contributed by atoms with Gasteiger partial charge in [0.1, 0.15) is 0 Å². The minimum absolute atomic E-state index is 0. The Bertz CT molecular complexity index is 476. The van der Waals surface area contributed by atoms with Gasteiger partial charge in [-0.2, -0.15) is 5.10 Å². The summed E-state index contributed by atoms with van der Waals surface area (Å²) in [5.74, 6) is 0. The molecule has 0 amide bonds. The number of halogens is 1. The van der Waals surface area contributed by atoms with Crippen molar-refractivity contribution in [2.45, 2.75) is 32.1 Å². The van der Waals surface area contributed by atoms with Crippen molar-refractivity contribution in [1.29, 1.82) is 0 Å². The topological polar surface area (TPSA) is 27.6 Å². The Morgan fingerprint density at radius 3 is 2.45 bits per heavy atom. The van der Waals surface area contributed by atoms with E-state index >= 15 is 0 Å². The summed E-state index contributed by atoms with van der Waals surface area (Å²) in [5, 5.41) is 4.54. The van der Waals surface area contributed by atoms with Crippen LogP contribution in [0.15, 0.2) is 47.2 Å². The molecule has 20 heavy (non-hydrogen) atoms. The monoisotopic (exact) mass is 383 g/mol. The molecule has 0 spiro atoms. The number of hydrogen-bond donors (Lipinski definition) is 1. The van der Waals surface area contributed by atoms with Gasteiger partial charge in [0.2, 0.25) is 0 Å². The van der Waals surface area contributed by atoms with Crippen LogP contribution in [0.25, 0.3) is 0 Å². The number of benzene rings is 1. The molecule has 4 heteroatoms. The predicted molar refractivity (Wildman–Crippen MR) is 95.7 cm³/mol. The van der Waals surface area contributed by atoms with Crippen LogP contribution in [0, 0.1) is 0 Å². The van der Waals surface area contributed by atoms with Gasteiger partial charge in [-0.25, -0.2) is 0 Å². The normalized spacial score (nSPS) is 20.5. The van der Waals surface area contributed by atoms with Crippen molar-refractivity contribution >= 4 is 35.4 Å². The van der Waals surface area contributed by atoms with E-state index in [1.165, 1.54) is 50.2 Å². The molecule has 1 heterocycles. The summed E-state index contributed by atoms with van der Waals surface area (Å²) in [6.07, 6.45) is 8.47. The first-order chi connectivity index (χ1) is 9.42. The average molecular weight is 383 g/mol. The van der Waals surface area contributed by atoms with E-state index in [9.17, 15) is 0 Å². The Balaban J connectivity index is 0.00000147. The van der Waals surface area contributed by atoms with Crippen molar-refractivity contribution in [1.82, 2.24) is 4.90 Å². The molecule has 0 bridgehead atoms. The van der Waals surface area contributed by atoms with Crippen LogP contribution in [0.5, 0.6) is 0 Å². The average Bonchev–Trinajstić information content (AvgIpc) is 3.01. The smallest absolute Gasteiger partial charge is 0.0624 e. The lowest BCUT2D eigenvalue weighted by Crippen LogP contribution is -2.22. The molecule has 1 saturated heterocycles. The molecular weight excluding hydrogens is 361 g/mol. The maximum atomic E-state index is 4.54. The first-order valence-electron chi connectivity index (χ1n) is 7.25. The van der Waals surface area contributed by atoms with Gasteiger partial charge < -0.3 is 4.90 Å². The lowest BCUT2D eigenvalue weighted by Gasteiger charge is -2.24. The summed E-state index contributed by atoms with van der Waals surface area (Å²) in [6.45, 7) is 2.45. The van der Waals surface area contributed by atoms with Gasteiger partial charge in [0.25, 0.3) is 0 Å². The van der Waals surface area contributed by atoms with Gasteiger partial charge in [-0.3, -0.25) is 5.43 Å². The largest absolute Gasteiger partial charge is 0.375 e. The Labute approximate surface area is 138 Å². The van der Waals surface area contributed by atoms with Crippen molar-refractivity contribution in [3.8, 4) is 0 Å². The number of nitrogens with zero attached hydrogens (tertiary/aromatic N) is 2. The van der Waals surface area contributed by atoms with Crippen LogP contribution >= 0.6 is 24.0 Å². The number of allylic oxidation sites excluding steroid dienone is 2. The van der Waals surface area contributed by atoms with Gasteiger partial charge in [0.15, 0.2) is 0 Å². The number of likely N-dealkylation sites (tertiary alicyclic amines) is 1. The summed E-state index contributed by atoms with van der Waals surface area (Å²) in [5.41, 5.74) is 6.86. The number of rotatable bonds is 3. The summed E-state index contributed by atoms with van der Waals surface area (Å²) < 4.78 is 0. The van der Waals surface area contributed by atoms with Gasteiger partial charge >= 0.3 is 0 Å². The molecule has 108 valence electrons. The number of hydrogen-bond acceptors (Lipinski definition) is 3. The molecular formula is C16H22IN3. The zero-order valence-corrected chi connectivity index (χ0v) is 14.0. The molecule has 0 radical (unpaired) electrons. The molecule has 0 unspecified atom stereocenters. The third kappa shape index (κ3) is 3.98. The Morgan fingerprint density at radius 1 is 0.950 bits per heavy atom. The van der Waals surface area contributed by atoms with E-state index in [-0.39, 0.29) is 24.0 Å². The van der Waals surface area contributed by atoms with Gasteiger partial charge in [-0.15, -0.1) is 24.0 Å². The fraction of sp³-hybridized carbons (Fsp3) is 0.438. The molecule has 2 aliphatic rings. The van der Waals surface area contributed by atoms with Gasteiger partial charge in [-0.05, 0) is 50.3 Å². The highest BCUT2D eigenvalue weighted by atomic mass is 127. The van der Waals surface area contributed by atoms with Gasteiger partial charge in [-0.1, -0.05) is 18.2 Å². The van der Waals surface area contributed by atoms with E-state index in [2.05, 4.69) is 21.5 Å². The number of para-hydroxylation sites is 1. The van der Waals surface area contributed by atoms with Crippen LogP contribution in [0.1, 0.15) is 32.1 Å². The minimum atomic E-state index is 0. The molecule has 0 atom stereocenters. The molecule has 0 aromatic heterocycles. The molecule has 1 fully saturated rings. The van der Waals surface area contributed by atoms with E-state index in [0.717, 1.165) is 12.1 Å². The van der Waals surface area contributed by atoms with Crippen molar-refractivity contribution < 1.29 is 0 Å². The van der Waals surface area contributed by atoms with Crippen LogP contribution in [-0.4, -0.2) is 23.7 Å². The fourth-order valence-corrected chi connectivity index (χ4v) is 2.78.